The quantitative estimate of drug-likeness (QED) is 0.0916. The van der Waals surface area contributed by atoms with E-state index >= 15 is 0 Å². The van der Waals surface area contributed by atoms with Crippen molar-refractivity contribution in [1.29, 1.82) is 0 Å². The first-order chi connectivity index (χ1) is 29.9. The van der Waals surface area contributed by atoms with E-state index in [2.05, 4.69) is 40.7 Å². The minimum atomic E-state index is -1.70. The van der Waals surface area contributed by atoms with E-state index in [4.69, 9.17) is 28.4 Å². The third-order valence-corrected chi connectivity index (χ3v) is 19.0. The van der Waals surface area contributed by atoms with Crippen LogP contribution in [0.1, 0.15) is 113 Å². The summed E-state index contributed by atoms with van der Waals surface area (Å²) in [5.74, 6) is -0.273. The van der Waals surface area contributed by atoms with Crippen molar-refractivity contribution in [2.75, 3.05) is 19.8 Å². The van der Waals surface area contributed by atoms with Gasteiger partial charge in [-0.05, 0) is 111 Å². The van der Waals surface area contributed by atoms with Crippen molar-refractivity contribution in [3.63, 3.8) is 0 Å². The Labute approximate surface area is 376 Å². The summed E-state index contributed by atoms with van der Waals surface area (Å²) in [6.45, 7) is 14.2. The van der Waals surface area contributed by atoms with Crippen LogP contribution in [-0.2, 0) is 33.2 Å². The first-order valence-corrected chi connectivity index (χ1v) is 23.7. The second kappa shape index (κ2) is 17.2. The van der Waals surface area contributed by atoms with Gasteiger partial charge in [-0.2, -0.15) is 0 Å². The molecule has 4 saturated carbocycles. The molecule has 3 aliphatic heterocycles. The zero-order chi connectivity index (χ0) is 46.7. The van der Waals surface area contributed by atoms with Crippen molar-refractivity contribution < 1.29 is 84.3 Å². The third-order valence-electron chi connectivity index (χ3n) is 19.0. The van der Waals surface area contributed by atoms with Gasteiger partial charge in [-0.25, -0.2) is 0 Å². The van der Waals surface area contributed by atoms with E-state index in [1.807, 2.05) is 6.92 Å². The molecule has 0 amide bonds. The first-order valence-electron chi connectivity index (χ1n) is 23.7. The lowest BCUT2D eigenvalue weighted by atomic mass is 9.33. The Morgan fingerprint density at radius 1 is 0.703 bits per heavy atom. The zero-order valence-electron chi connectivity index (χ0n) is 38.5. The third kappa shape index (κ3) is 7.49. The molecule has 10 N–H and O–H groups in total. The number of fused-ring (bicyclic) bond motifs is 7. The summed E-state index contributed by atoms with van der Waals surface area (Å²) in [6.07, 6.45) is -10.7. The Bertz CT molecular complexity index is 1750. The van der Waals surface area contributed by atoms with Gasteiger partial charge in [0.1, 0.15) is 61.0 Å². The van der Waals surface area contributed by atoms with Gasteiger partial charge in [-0.1, -0.05) is 53.2 Å². The molecule has 0 aromatic rings. The molecule has 3 heterocycles. The summed E-state index contributed by atoms with van der Waals surface area (Å²) >= 11 is 0. The molecular formula is C47H76O17. The Balaban J connectivity index is 0.995. The fourth-order valence-corrected chi connectivity index (χ4v) is 14.7. The highest BCUT2D eigenvalue weighted by molar-refractivity contribution is 5.79. The van der Waals surface area contributed by atoms with Crippen molar-refractivity contribution in [3.05, 3.63) is 11.6 Å². The molecule has 8 aliphatic rings. The number of aliphatic hydroxyl groups is 10. The van der Waals surface area contributed by atoms with Crippen LogP contribution < -0.4 is 0 Å². The molecular weight excluding hydrogens is 836 g/mol. The van der Waals surface area contributed by atoms with Gasteiger partial charge in [0.2, 0.25) is 6.29 Å². The summed E-state index contributed by atoms with van der Waals surface area (Å²) in [6, 6.07) is 0. The topological polar surface area (TPSA) is 275 Å². The molecule has 0 aromatic heterocycles. The Hall–Kier alpha value is -1.39. The average Bonchev–Trinajstić information content (AvgIpc) is 3.25. The highest BCUT2D eigenvalue weighted by Gasteiger charge is 2.70. The maximum absolute atomic E-state index is 14.6. The van der Waals surface area contributed by atoms with Crippen LogP contribution in [0.2, 0.25) is 0 Å². The maximum atomic E-state index is 14.6. The smallest absolute Gasteiger partial charge is 0.315 e. The van der Waals surface area contributed by atoms with Gasteiger partial charge >= 0.3 is 5.97 Å². The van der Waals surface area contributed by atoms with E-state index in [0.29, 0.717) is 19.3 Å². The lowest BCUT2D eigenvalue weighted by molar-refractivity contribution is -0.352. The van der Waals surface area contributed by atoms with Gasteiger partial charge in [-0.3, -0.25) is 4.79 Å². The molecule has 17 heteroatoms. The highest BCUT2D eigenvalue weighted by Crippen LogP contribution is 2.76. The molecule has 5 aliphatic carbocycles. The van der Waals surface area contributed by atoms with Gasteiger partial charge in [-0.15, -0.1) is 0 Å². The van der Waals surface area contributed by atoms with Crippen LogP contribution in [0.4, 0.5) is 0 Å². The summed E-state index contributed by atoms with van der Waals surface area (Å²) in [5.41, 5.74) is -0.954. The van der Waals surface area contributed by atoms with Gasteiger partial charge in [0.25, 0.3) is 0 Å². The van der Waals surface area contributed by atoms with Gasteiger partial charge in [0.15, 0.2) is 12.6 Å². The molecule has 0 spiro atoms. The lowest BCUT2D eigenvalue weighted by Crippen LogP contribution is -2.67. The van der Waals surface area contributed by atoms with Crippen molar-refractivity contribution >= 4 is 5.97 Å². The van der Waals surface area contributed by atoms with Crippen LogP contribution >= 0.6 is 0 Å². The average molecular weight is 913 g/mol. The van der Waals surface area contributed by atoms with Crippen molar-refractivity contribution in [3.8, 4) is 0 Å². The van der Waals surface area contributed by atoms with Crippen LogP contribution in [0.3, 0.4) is 0 Å². The van der Waals surface area contributed by atoms with Gasteiger partial charge in [0.05, 0.1) is 37.4 Å². The van der Waals surface area contributed by atoms with Crippen molar-refractivity contribution in [2.45, 2.75) is 205 Å². The number of carbonyl (C=O) groups is 1. The second-order valence-electron chi connectivity index (χ2n) is 22.8. The fourth-order valence-electron chi connectivity index (χ4n) is 14.7. The number of hydrogen-bond acceptors (Lipinski definition) is 17. The van der Waals surface area contributed by atoms with Crippen LogP contribution in [0, 0.1) is 50.2 Å². The number of hydrogen-bond donors (Lipinski definition) is 10. The molecule has 17 nitrogen and oxygen atoms in total. The van der Waals surface area contributed by atoms with E-state index in [9.17, 15) is 55.9 Å². The molecule has 7 fully saturated rings. The van der Waals surface area contributed by atoms with E-state index < -0.39 is 116 Å². The first kappa shape index (κ1) is 49.0. The number of esters is 1. The summed E-state index contributed by atoms with van der Waals surface area (Å²) in [4.78, 5) is 14.6. The highest BCUT2D eigenvalue weighted by atomic mass is 16.7. The van der Waals surface area contributed by atoms with E-state index in [1.54, 1.807) is 6.92 Å². The molecule has 23 unspecified atom stereocenters. The van der Waals surface area contributed by atoms with Gasteiger partial charge < -0.3 is 79.5 Å². The van der Waals surface area contributed by atoms with E-state index in [-0.39, 0.29) is 52.6 Å². The molecule has 0 bridgehead atoms. The summed E-state index contributed by atoms with van der Waals surface area (Å²) < 4.78 is 35.5. The number of aliphatic hydroxyl groups excluding tert-OH is 10. The molecule has 366 valence electrons. The molecule has 3 saturated heterocycles. The molecule has 8 rings (SSSR count). The van der Waals surface area contributed by atoms with Crippen LogP contribution in [0.15, 0.2) is 11.6 Å². The Morgan fingerprint density at radius 3 is 2.05 bits per heavy atom. The Kier molecular flexibility index (Phi) is 13.2. The minimum Gasteiger partial charge on any atom is -0.432 e. The predicted molar refractivity (Wildman–Crippen MR) is 224 cm³/mol. The van der Waals surface area contributed by atoms with Crippen molar-refractivity contribution in [1.82, 2.24) is 0 Å². The lowest BCUT2D eigenvalue weighted by Gasteiger charge is -2.71. The molecule has 23 atom stereocenters. The number of carbonyl (C=O) groups excluding carboxylic acids is 1. The minimum absolute atomic E-state index is 0.0257. The van der Waals surface area contributed by atoms with Crippen LogP contribution in [0.25, 0.3) is 0 Å². The predicted octanol–water partition coefficient (Wildman–Crippen LogP) is 0.780. The van der Waals surface area contributed by atoms with Crippen LogP contribution in [0.5, 0.6) is 0 Å². The van der Waals surface area contributed by atoms with Gasteiger partial charge in [0, 0.05) is 5.41 Å². The van der Waals surface area contributed by atoms with Crippen molar-refractivity contribution in [2.24, 2.45) is 50.2 Å². The monoisotopic (exact) mass is 913 g/mol. The van der Waals surface area contributed by atoms with E-state index in [1.165, 1.54) is 5.57 Å². The maximum Gasteiger partial charge on any atom is 0.315 e. The second-order valence-corrected chi connectivity index (χ2v) is 22.8. The zero-order valence-corrected chi connectivity index (χ0v) is 38.5. The van der Waals surface area contributed by atoms with Crippen LogP contribution in [-0.4, -0.2) is 169 Å². The number of ether oxygens (including phenoxy) is 6. The SMILES string of the molecule is CC1OC(OC(=O)C23CCC(C)(C)CC2C2=CCC4C5(C)CCC(OC6OCC(OC7OC(CO)C(O)C(O)C7O)C(O)C6O)C(C)(CO)C5CCC4(C)C2(C)CC3)C(O)C(O)C1O. The molecule has 0 radical (unpaired) electrons. The Morgan fingerprint density at radius 2 is 1.36 bits per heavy atom. The van der Waals surface area contributed by atoms with E-state index in [0.717, 1.165) is 44.9 Å². The normalized spacial score (nSPS) is 54.9. The largest absolute Gasteiger partial charge is 0.432 e. The fraction of sp³-hybridized carbons (Fsp3) is 0.936. The summed E-state index contributed by atoms with van der Waals surface area (Å²) in [5, 5.41) is 106. The number of rotatable bonds is 8. The molecule has 64 heavy (non-hydrogen) atoms. The summed E-state index contributed by atoms with van der Waals surface area (Å²) in [7, 11) is 0. The molecule has 0 aromatic carbocycles. The standard InChI is InChI=1S/C47H76O17/c1-22-30(50)33(53)36(56)39(60-22)64-41(58)47-16-14-42(2,3)18-24(47)23-8-9-28-43(4)12-11-29(44(5,21-49)27(43)10-13-46(28,7)45(23,6)15-17-47)63-38-35(55)32(52)26(20-59-38)62-40-37(57)34(54)31(51)25(19-48)61-40/h8,22,24-40,48-57H,9-21H2,1-7H3. The number of allylic oxidation sites excluding steroid dienone is 2.